The van der Waals surface area contributed by atoms with Gasteiger partial charge in [-0.05, 0) is 37.8 Å². The van der Waals surface area contributed by atoms with E-state index in [0.29, 0.717) is 5.92 Å². The summed E-state index contributed by atoms with van der Waals surface area (Å²) in [6, 6.07) is 4.02. The third-order valence-corrected chi connectivity index (χ3v) is 3.87. The predicted molar refractivity (Wildman–Crippen MR) is 64.6 cm³/mol. The molecule has 2 fully saturated rings. The number of nitrogens with zero attached hydrogens (tertiary/aromatic N) is 1. The van der Waals surface area contributed by atoms with Gasteiger partial charge >= 0.3 is 5.97 Å². The minimum atomic E-state index is -0.0391. The lowest BCUT2D eigenvalue weighted by Crippen LogP contribution is -2.29. The van der Waals surface area contributed by atoms with Crippen molar-refractivity contribution in [1.82, 2.24) is 4.73 Å². The Hall–Kier alpha value is -1.25. The second-order valence-corrected chi connectivity index (χ2v) is 5.28. The van der Waals surface area contributed by atoms with Crippen LogP contribution in [0.3, 0.4) is 0 Å². The molecule has 0 bridgehead atoms. The molecule has 0 spiro atoms. The van der Waals surface area contributed by atoms with Crippen LogP contribution in [-0.4, -0.2) is 10.7 Å². The standard InChI is InChI=1S/C14H19NO2/c16-14(12-5-2-1-3-6-12)17-15-10-4-7-13(15)11-8-9-11/h4,7,10-12H,1-3,5-6,8-9H2. The van der Waals surface area contributed by atoms with Crippen LogP contribution in [0.1, 0.15) is 56.6 Å². The lowest BCUT2D eigenvalue weighted by Gasteiger charge is -2.20. The normalized spacial score (nSPS) is 21.4. The summed E-state index contributed by atoms with van der Waals surface area (Å²) < 4.78 is 1.69. The Kier molecular flexibility index (Phi) is 2.91. The molecule has 17 heavy (non-hydrogen) atoms. The quantitative estimate of drug-likeness (QED) is 0.803. The Labute approximate surface area is 102 Å². The molecule has 2 saturated carbocycles. The van der Waals surface area contributed by atoms with Gasteiger partial charge in [-0.3, -0.25) is 0 Å². The van der Waals surface area contributed by atoms with Crippen LogP contribution < -0.4 is 4.84 Å². The SMILES string of the molecule is O=C(On1cccc1C1CC1)C1CCCCC1. The maximum absolute atomic E-state index is 12.0. The zero-order valence-corrected chi connectivity index (χ0v) is 10.1. The smallest absolute Gasteiger partial charge is 0.335 e. The minimum Gasteiger partial charge on any atom is -0.337 e. The van der Waals surface area contributed by atoms with E-state index in [-0.39, 0.29) is 11.9 Å². The van der Waals surface area contributed by atoms with E-state index in [1.807, 2.05) is 12.3 Å². The fraction of sp³-hybridized carbons (Fsp3) is 0.643. The summed E-state index contributed by atoms with van der Waals surface area (Å²) in [6.07, 6.45) is 9.91. The summed E-state index contributed by atoms with van der Waals surface area (Å²) in [6.45, 7) is 0. The van der Waals surface area contributed by atoms with Gasteiger partial charge in [0.05, 0.1) is 11.6 Å². The highest BCUT2D eigenvalue weighted by Crippen LogP contribution is 2.39. The molecule has 0 atom stereocenters. The zero-order valence-electron chi connectivity index (χ0n) is 10.1. The Morgan fingerprint density at radius 1 is 1.18 bits per heavy atom. The molecule has 92 valence electrons. The van der Waals surface area contributed by atoms with Crippen molar-refractivity contribution in [3.05, 3.63) is 24.0 Å². The van der Waals surface area contributed by atoms with Crippen LogP contribution >= 0.6 is 0 Å². The molecule has 1 aromatic heterocycles. The molecular weight excluding hydrogens is 214 g/mol. The molecule has 0 N–H and O–H groups in total. The van der Waals surface area contributed by atoms with E-state index in [1.54, 1.807) is 4.73 Å². The van der Waals surface area contributed by atoms with E-state index >= 15 is 0 Å². The van der Waals surface area contributed by atoms with Gasteiger partial charge < -0.3 is 4.84 Å². The van der Waals surface area contributed by atoms with Gasteiger partial charge in [0.15, 0.2) is 0 Å². The van der Waals surface area contributed by atoms with Crippen molar-refractivity contribution in [1.29, 1.82) is 0 Å². The highest BCUT2D eigenvalue weighted by atomic mass is 16.7. The lowest BCUT2D eigenvalue weighted by molar-refractivity contribution is -0.150. The Balaban J connectivity index is 1.64. The molecule has 3 nitrogen and oxygen atoms in total. The molecule has 0 unspecified atom stereocenters. The average molecular weight is 233 g/mol. The molecule has 0 radical (unpaired) electrons. The molecule has 0 aliphatic heterocycles. The van der Waals surface area contributed by atoms with Gasteiger partial charge in [0, 0.05) is 12.1 Å². The molecule has 1 heterocycles. The van der Waals surface area contributed by atoms with Crippen molar-refractivity contribution in [3.63, 3.8) is 0 Å². The van der Waals surface area contributed by atoms with E-state index in [1.165, 1.54) is 32.1 Å². The van der Waals surface area contributed by atoms with Crippen LogP contribution in [0.15, 0.2) is 18.3 Å². The van der Waals surface area contributed by atoms with Crippen LogP contribution in [-0.2, 0) is 4.79 Å². The van der Waals surface area contributed by atoms with Crippen LogP contribution in [0.4, 0.5) is 0 Å². The van der Waals surface area contributed by atoms with Crippen molar-refractivity contribution < 1.29 is 9.63 Å². The number of aromatic nitrogens is 1. The maximum atomic E-state index is 12.0. The van der Waals surface area contributed by atoms with Crippen molar-refractivity contribution in [3.8, 4) is 0 Å². The van der Waals surface area contributed by atoms with Crippen molar-refractivity contribution in [2.45, 2.75) is 50.9 Å². The van der Waals surface area contributed by atoms with E-state index in [2.05, 4.69) is 6.07 Å². The monoisotopic (exact) mass is 233 g/mol. The van der Waals surface area contributed by atoms with Gasteiger partial charge in [-0.25, -0.2) is 4.79 Å². The second-order valence-electron chi connectivity index (χ2n) is 5.28. The topological polar surface area (TPSA) is 31.2 Å². The van der Waals surface area contributed by atoms with Crippen LogP contribution in [0.2, 0.25) is 0 Å². The molecule has 0 aromatic carbocycles. The van der Waals surface area contributed by atoms with E-state index < -0.39 is 0 Å². The summed E-state index contributed by atoms with van der Waals surface area (Å²) in [7, 11) is 0. The van der Waals surface area contributed by atoms with Gasteiger partial charge in [-0.1, -0.05) is 19.3 Å². The Bertz CT molecular complexity index is 400. The van der Waals surface area contributed by atoms with Gasteiger partial charge in [0.25, 0.3) is 0 Å². The summed E-state index contributed by atoms with van der Waals surface area (Å²) in [5, 5.41) is 0. The van der Waals surface area contributed by atoms with Crippen molar-refractivity contribution >= 4 is 5.97 Å². The third kappa shape index (κ3) is 2.38. The molecule has 3 rings (SSSR count). The number of hydrogen-bond acceptors (Lipinski definition) is 2. The fourth-order valence-corrected chi connectivity index (χ4v) is 2.67. The van der Waals surface area contributed by atoms with Crippen LogP contribution in [0.25, 0.3) is 0 Å². The first-order chi connectivity index (χ1) is 8.34. The van der Waals surface area contributed by atoms with Gasteiger partial charge in [-0.2, -0.15) is 4.73 Å². The zero-order chi connectivity index (χ0) is 11.7. The first-order valence-corrected chi connectivity index (χ1v) is 6.74. The molecule has 0 amide bonds. The first kappa shape index (κ1) is 10.9. The summed E-state index contributed by atoms with van der Waals surface area (Å²) in [5.74, 6) is 0.699. The third-order valence-electron chi connectivity index (χ3n) is 3.87. The van der Waals surface area contributed by atoms with Crippen LogP contribution in [0.5, 0.6) is 0 Å². The predicted octanol–water partition coefficient (Wildman–Crippen LogP) is 2.90. The maximum Gasteiger partial charge on any atom is 0.335 e. The molecule has 0 saturated heterocycles. The van der Waals surface area contributed by atoms with E-state index in [9.17, 15) is 4.79 Å². The van der Waals surface area contributed by atoms with Crippen molar-refractivity contribution in [2.75, 3.05) is 0 Å². The highest BCUT2D eigenvalue weighted by molar-refractivity contribution is 5.72. The van der Waals surface area contributed by atoms with Crippen LogP contribution in [0, 0.1) is 5.92 Å². The summed E-state index contributed by atoms with van der Waals surface area (Å²) >= 11 is 0. The Morgan fingerprint density at radius 2 is 1.94 bits per heavy atom. The number of carbonyl (C=O) groups excluding carboxylic acids is 1. The summed E-state index contributed by atoms with van der Waals surface area (Å²) in [4.78, 5) is 17.5. The fourth-order valence-electron chi connectivity index (χ4n) is 2.67. The average Bonchev–Trinajstić information content (AvgIpc) is 3.11. The van der Waals surface area contributed by atoms with Gasteiger partial charge in [0.1, 0.15) is 0 Å². The number of rotatable bonds is 3. The second kappa shape index (κ2) is 4.55. The largest absolute Gasteiger partial charge is 0.337 e. The Morgan fingerprint density at radius 3 is 2.65 bits per heavy atom. The molecule has 3 heteroatoms. The van der Waals surface area contributed by atoms with Gasteiger partial charge in [0.2, 0.25) is 0 Å². The molecule has 2 aliphatic carbocycles. The molecular formula is C14H19NO2. The minimum absolute atomic E-state index is 0.0391. The van der Waals surface area contributed by atoms with Crippen molar-refractivity contribution in [2.24, 2.45) is 5.92 Å². The number of carbonyl (C=O) groups is 1. The molecule has 2 aliphatic rings. The number of hydrogen-bond donors (Lipinski definition) is 0. The van der Waals surface area contributed by atoms with E-state index in [0.717, 1.165) is 18.5 Å². The first-order valence-electron chi connectivity index (χ1n) is 6.74. The lowest BCUT2D eigenvalue weighted by atomic mass is 9.89. The summed E-state index contributed by atoms with van der Waals surface area (Å²) in [5.41, 5.74) is 1.16. The highest BCUT2D eigenvalue weighted by Gasteiger charge is 2.29. The van der Waals surface area contributed by atoms with E-state index in [4.69, 9.17) is 4.84 Å². The molecule has 1 aromatic rings. The van der Waals surface area contributed by atoms with Gasteiger partial charge in [-0.15, -0.1) is 0 Å².